The van der Waals surface area contributed by atoms with Crippen molar-refractivity contribution in [2.75, 3.05) is 18.5 Å². The summed E-state index contributed by atoms with van der Waals surface area (Å²) in [6, 6.07) is 10.2. The molecule has 10 nitrogen and oxygen atoms in total. The van der Waals surface area contributed by atoms with Crippen molar-refractivity contribution >= 4 is 11.7 Å². The van der Waals surface area contributed by atoms with Gasteiger partial charge in [0.15, 0.2) is 11.8 Å². The van der Waals surface area contributed by atoms with Gasteiger partial charge in [-0.2, -0.15) is 4.98 Å². The SMILES string of the molecule is CC(C)N(CC#C[C@]1(O)C(O)[C@@H](CO)O[C@H]1n1ccc(NC(=O)c2ccccc2)nc1=O)C(C)C. The van der Waals surface area contributed by atoms with Crippen LogP contribution < -0.4 is 11.0 Å². The highest BCUT2D eigenvalue weighted by Gasteiger charge is 2.55. The molecule has 0 aliphatic carbocycles. The van der Waals surface area contributed by atoms with Gasteiger partial charge in [0.1, 0.15) is 18.0 Å². The highest BCUT2D eigenvalue weighted by Crippen LogP contribution is 2.37. The van der Waals surface area contributed by atoms with Crippen molar-refractivity contribution in [3.8, 4) is 11.8 Å². The zero-order valence-corrected chi connectivity index (χ0v) is 20.3. The van der Waals surface area contributed by atoms with E-state index >= 15 is 0 Å². The lowest BCUT2D eigenvalue weighted by Gasteiger charge is -2.29. The van der Waals surface area contributed by atoms with E-state index in [1.807, 2.05) is 27.7 Å². The summed E-state index contributed by atoms with van der Waals surface area (Å²) in [5, 5.41) is 34.1. The number of carbonyl (C=O) groups excluding carboxylic acids is 1. The largest absolute Gasteiger partial charge is 0.394 e. The Kier molecular flexibility index (Phi) is 8.43. The van der Waals surface area contributed by atoms with Crippen molar-refractivity contribution in [1.29, 1.82) is 0 Å². The summed E-state index contributed by atoms with van der Waals surface area (Å²) in [6.07, 6.45) is -2.86. The van der Waals surface area contributed by atoms with Crippen LogP contribution in [0.4, 0.5) is 5.82 Å². The Bertz CT molecular complexity index is 1130. The van der Waals surface area contributed by atoms with Gasteiger partial charge in [-0.3, -0.25) is 14.3 Å². The average Bonchev–Trinajstić information content (AvgIpc) is 3.07. The molecule has 1 fully saturated rings. The topological polar surface area (TPSA) is 137 Å². The van der Waals surface area contributed by atoms with Crippen molar-refractivity contribution < 1.29 is 24.9 Å². The Labute approximate surface area is 204 Å². The molecule has 0 radical (unpaired) electrons. The molecule has 1 aromatic carbocycles. The van der Waals surface area contributed by atoms with Crippen LogP contribution in [-0.2, 0) is 4.74 Å². The summed E-state index contributed by atoms with van der Waals surface area (Å²) in [6.45, 7) is 7.84. The summed E-state index contributed by atoms with van der Waals surface area (Å²) in [5.74, 6) is 5.14. The molecule has 0 saturated carbocycles. The van der Waals surface area contributed by atoms with E-state index < -0.39 is 42.2 Å². The highest BCUT2D eigenvalue weighted by molar-refractivity contribution is 6.03. The molecule has 2 aromatic rings. The van der Waals surface area contributed by atoms with Gasteiger partial charge in [0.2, 0.25) is 0 Å². The summed E-state index contributed by atoms with van der Waals surface area (Å²) >= 11 is 0. The molecule has 2 heterocycles. The van der Waals surface area contributed by atoms with Crippen molar-refractivity contribution in [2.45, 2.75) is 63.8 Å². The summed E-state index contributed by atoms with van der Waals surface area (Å²) in [5.41, 5.74) is -2.61. The van der Waals surface area contributed by atoms with Crippen LogP contribution in [-0.4, -0.2) is 78.7 Å². The van der Waals surface area contributed by atoms with E-state index in [-0.39, 0.29) is 17.9 Å². The van der Waals surface area contributed by atoms with Gasteiger partial charge < -0.3 is 25.4 Å². The molecule has 1 aromatic heterocycles. The number of ether oxygens (including phenoxy) is 1. The number of amides is 1. The molecule has 4 N–H and O–H groups in total. The minimum atomic E-state index is -2.17. The normalized spacial score (nSPS) is 24.0. The average molecular weight is 485 g/mol. The molecule has 1 unspecified atom stereocenters. The molecular formula is C25H32N4O6. The Hall–Kier alpha value is -3.07. The lowest BCUT2D eigenvalue weighted by Crippen LogP contribution is -2.48. The van der Waals surface area contributed by atoms with Gasteiger partial charge in [-0.25, -0.2) is 4.79 Å². The molecule has 0 spiro atoms. The van der Waals surface area contributed by atoms with Crippen LogP contribution in [0.2, 0.25) is 0 Å². The van der Waals surface area contributed by atoms with Crippen LogP contribution >= 0.6 is 0 Å². The number of hydrogen-bond acceptors (Lipinski definition) is 8. The van der Waals surface area contributed by atoms with Crippen molar-refractivity contribution in [3.05, 3.63) is 58.6 Å². The van der Waals surface area contributed by atoms with Gasteiger partial charge in [-0.15, -0.1) is 0 Å². The molecule has 1 amide bonds. The number of nitrogens with zero attached hydrogens (tertiary/aromatic N) is 3. The number of aromatic nitrogens is 2. The Morgan fingerprint density at radius 2 is 1.89 bits per heavy atom. The second kappa shape index (κ2) is 11.1. The minimum Gasteiger partial charge on any atom is -0.394 e. The van der Waals surface area contributed by atoms with E-state index in [1.54, 1.807) is 30.3 Å². The molecule has 0 bridgehead atoms. The molecule has 1 saturated heterocycles. The Balaban J connectivity index is 1.88. The number of aliphatic hydroxyl groups excluding tert-OH is 2. The first-order chi connectivity index (χ1) is 16.6. The molecule has 4 atom stereocenters. The first-order valence-corrected chi connectivity index (χ1v) is 11.5. The maximum atomic E-state index is 12.8. The number of carbonyl (C=O) groups is 1. The quantitative estimate of drug-likeness (QED) is 0.420. The monoisotopic (exact) mass is 484 g/mol. The number of anilines is 1. The predicted octanol–water partition coefficient (Wildman–Crippen LogP) is 0.599. The zero-order valence-electron chi connectivity index (χ0n) is 20.3. The van der Waals surface area contributed by atoms with Gasteiger partial charge in [0.05, 0.1) is 13.2 Å². The van der Waals surface area contributed by atoms with Crippen LogP contribution in [0.15, 0.2) is 47.4 Å². The fraction of sp³-hybridized carbons (Fsp3) is 0.480. The van der Waals surface area contributed by atoms with Crippen LogP contribution in [0.25, 0.3) is 0 Å². The van der Waals surface area contributed by atoms with Crippen molar-refractivity contribution in [1.82, 2.24) is 14.5 Å². The summed E-state index contributed by atoms with van der Waals surface area (Å²) in [7, 11) is 0. The van der Waals surface area contributed by atoms with Crippen molar-refractivity contribution in [3.63, 3.8) is 0 Å². The Morgan fingerprint density at radius 3 is 2.46 bits per heavy atom. The smallest absolute Gasteiger partial charge is 0.351 e. The second-order valence-corrected chi connectivity index (χ2v) is 8.96. The van der Waals surface area contributed by atoms with E-state index in [4.69, 9.17) is 4.74 Å². The van der Waals surface area contributed by atoms with Crippen LogP contribution in [0.1, 0.15) is 44.3 Å². The fourth-order valence-corrected chi connectivity index (χ4v) is 4.00. The van der Waals surface area contributed by atoms with Crippen LogP contribution in [0, 0.1) is 11.8 Å². The van der Waals surface area contributed by atoms with E-state index in [0.717, 1.165) is 4.57 Å². The second-order valence-electron chi connectivity index (χ2n) is 8.96. The Morgan fingerprint density at radius 1 is 1.23 bits per heavy atom. The maximum Gasteiger partial charge on any atom is 0.351 e. The molecule has 3 rings (SSSR count). The minimum absolute atomic E-state index is 0.0106. The number of hydrogen-bond donors (Lipinski definition) is 4. The van der Waals surface area contributed by atoms with Crippen LogP contribution in [0.3, 0.4) is 0 Å². The highest BCUT2D eigenvalue weighted by atomic mass is 16.6. The predicted molar refractivity (Wildman–Crippen MR) is 130 cm³/mol. The standard InChI is InChI=1S/C25H32N4O6/c1-16(2)28(17(3)4)13-8-12-25(34)21(31)19(15-30)35-23(25)29-14-11-20(27-24(29)33)26-22(32)18-9-6-5-7-10-18/h5-7,9-11,14,16-17,19,21,23,30-31,34H,13,15H2,1-4H3,(H,26,27,32,33)/t19-,21?,23-,25+/m1/s1. The number of nitrogens with one attached hydrogen (secondary N) is 1. The third-order valence-corrected chi connectivity index (χ3v) is 5.90. The maximum absolute atomic E-state index is 12.8. The first-order valence-electron chi connectivity index (χ1n) is 11.5. The van der Waals surface area contributed by atoms with E-state index in [9.17, 15) is 24.9 Å². The number of benzene rings is 1. The molecule has 35 heavy (non-hydrogen) atoms. The molecular weight excluding hydrogens is 452 g/mol. The van der Waals surface area contributed by atoms with Crippen LogP contribution in [0.5, 0.6) is 0 Å². The lowest BCUT2D eigenvalue weighted by atomic mass is 9.94. The van der Waals surface area contributed by atoms with Gasteiger partial charge in [-0.1, -0.05) is 30.0 Å². The third kappa shape index (κ3) is 5.78. The van der Waals surface area contributed by atoms with E-state index in [0.29, 0.717) is 12.1 Å². The summed E-state index contributed by atoms with van der Waals surface area (Å²) in [4.78, 5) is 31.1. The molecule has 188 valence electrons. The van der Waals surface area contributed by atoms with E-state index in [1.165, 1.54) is 12.3 Å². The fourth-order valence-electron chi connectivity index (χ4n) is 4.00. The number of rotatable bonds is 7. The lowest BCUT2D eigenvalue weighted by molar-refractivity contribution is -0.0765. The van der Waals surface area contributed by atoms with Gasteiger partial charge in [0.25, 0.3) is 5.91 Å². The molecule has 1 aliphatic heterocycles. The van der Waals surface area contributed by atoms with Gasteiger partial charge in [0, 0.05) is 23.8 Å². The molecule has 1 aliphatic rings. The summed E-state index contributed by atoms with van der Waals surface area (Å²) < 4.78 is 6.60. The third-order valence-electron chi connectivity index (χ3n) is 5.90. The first kappa shape index (κ1) is 26.5. The zero-order chi connectivity index (χ0) is 25.8. The van der Waals surface area contributed by atoms with Gasteiger partial charge >= 0.3 is 5.69 Å². The van der Waals surface area contributed by atoms with Gasteiger partial charge in [-0.05, 0) is 45.9 Å². The van der Waals surface area contributed by atoms with Crippen molar-refractivity contribution in [2.24, 2.45) is 0 Å². The number of aliphatic hydroxyl groups is 3. The van der Waals surface area contributed by atoms with E-state index in [2.05, 4.69) is 27.0 Å². The molecule has 10 heteroatoms.